The summed E-state index contributed by atoms with van der Waals surface area (Å²) in [6, 6.07) is 6.96. The van der Waals surface area contributed by atoms with Gasteiger partial charge in [-0.25, -0.2) is 0 Å². The third-order valence-electron chi connectivity index (χ3n) is 4.38. The summed E-state index contributed by atoms with van der Waals surface area (Å²) in [6.45, 7) is 0. The van der Waals surface area contributed by atoms with Gasteiger partial charge in [0.05, 0.1) is 0 Å². The Morgan fingerprint density at radius 2 is 1.80 bits per heavy atom. The molecule has 6 nitrogen and oxygen atoms in total. The van der Waals surface area contributed by atoms with Crippen LogP contribution in [0.3, 0.4) is 0 Å². The molecule has 0 radical (unpaired) electrons. The van der Waals surface area contributed by atoms with E-state index in [0.29, 0.717) is 8.69 Å². The zero-order valence-corrected chi connectivity index (χ0v) is 20.9. The van der Waals surface area contributed by atoms with Crippen molar-refractivity contribution in [3.63, 3.8) is 0 Å². The van der Waals surface area contributed by atoms with Crippen molar-refractivity contribution in [2.24, 2.45) is 10.9 Å². The third-order valence-corrected chi connectivity index (χ3v) is 6.67. The number of nitrogens with two attached hydrogens (primary N) is 1. The number of oxime groups is 1. The van der Waals surface area contributed by atoms with Crippen molar-refractivity contribution in [3.8, 4) is 0 Å². The predicted octanol–water partition coefficient (Wildman–Crippen LogP) is 3.18. The molecule has 1 unspecified atom stereocenters. The van der Waals surface area contributed by atoms with Crippen LogP contribution >= 0.6 is 23.2 Å². The van der Waals surface area contributed by atoms with Crippen molar-refractivity contribution in [2.45, 2.75) is 18.2 Å². The van der Waals surface area contributed by atoms with E-state index in [2.05, 4.69) is 5.16 Å². The van der Waals surface area contributed by atoms with Gasteiger partial charge in [-0.2, -0.15) is 0 Å². The second-order valence-electron chi connectivity index (χ2n) is 6.41. The van der Waals surface area contributed by atoms with Crippen LogP contribution in [-0.2, 0) is 10.4 Å². The van der Waals surface area contributed by atoms with Crippen LogP contribution in [0, 0.1) is 0 Å². The van der Waals surface area contributed by atoms with E-state index in [0.717, 1.165) is 12.1 Å². The molecular weight excluding hydrogens is 638 g/mol. The standard InChI is InChI=1S/C18H11Cl2F3N3O3.Tl/c19-12-5-11(6-13(20)7-12)17(18(21,22)23)8-14(26-29-17)9-1-3-10(4-2-9)15(27)25-16(24)28;/h1-3,5-7H,8H2,(H3,24,25,27,28);. The summed E-state index contributed by atoms with van der Waals surface area (Å²) in [5.41, 5.74) is 2.55. The van der Waals surface area contributed by atoms with Crippen molar-refractivity contribution in [1.82, 2.24) is 5.32 Å². The number of carbonyl (C=O) groups is 2. The number of hydrogen-bond acceptors (Lipinski definition) is 4. The van der Waals surface area contributed by atoms with Crippen molar-refractivity contribution in [2.75, 3.05) is 0 Å². The molecule has 3 rings (SSSR count). The summed E-state index contributed by atoms with van der Waals surface area (Å²) in [7, 11) is 0. The van der Waals surface area contributed by atoms with Gasteiger partial charge in [0.1, 0.15) is 0 Å². The molecule has 3 amide bonds. The average Bonchev–Trinajstić information content (AvgIpc) is 3.06. The maximum atomic E-state index is 14.1. The topological polar surface area (TPSA) is 93.8 Å². The van der Waals surface area contributed by atoms with Gasteiger partial charge in [0.25, 0.3) is 0 Å². The second-order valence-corrected chi connectivity index (χ2v) is 9.70. The third kappa shape index (κ3) is 4.42. The molecule has 0 saturated carbocycles. The molecule has 0 saturated heterocycles. The Morgan fingerprint density at radius 3 is 2.33 bits per heavy atom. The van der Waals surface area contributed by atoms with E-state index in [1.807, 2.05) is 5.32 Å². The summed E-state index contributed by atoms with van der Waals surface area (Å²) >= 11 is 11.9. The van der Waals surface area contributed by atoms with Gasteiger partial charge in [0, 0.05) is 0 Å². The normalized spacial score (nSPS) is 18.5. The van der Waals surface area contributed by atoms with Crippen LogP contribution < -0.4 is 14.2 Å². The Kier molecular flexibility index (Phi) is 6.35. The Balaban J connectivity index is 1.96. The number of urea groups is 1. The SMILES string of the molecule is NC(=O)NC(=O)c1ccc(C2=NOC(c3cc(Cl)cc(Cl)c3)(C(F)(F)F)C2)c[c]1[Tl]. The molecular formula is C18H11Cl2F3N3O3Tl. The summed E-state index contributed by atoms with van der Waals surface area (Å²) in [6.07, 6.45) is -5.41. The van der Waals surface area contributed by atoms with E-state index in [1.165, 1.54) is 18.2 Å². The van der Waals surface area contributed by atoms with Crippen LogP contribution in [-0.4, -0.2) is 49.6 Å². The number of imide groups is 1. The van der Waals surface area contributed by atoms with E-state index >= 15 is 0 Å². The van der Waals surface area contributed by atoms with Gasteiger partial charge < -0.3 is 0 Å². The van der Waals surface area contributed by atoms with Crippen molar-refractivity contribution >= 4 is 69.7 Å². The van der Waals surface area contributed by atoms with E-state index < -0.39 is 30.1 Å². The molecule has 1 atom stereocenters. The summed E-state index contributed by atoms with van der Waals surface area (Å²) < 4.78 is 42.7. The molecule has 1 aliphatic rings. The van der Waals surface area contributed by atoms with Gasteiger partial charge in [-0.05, 0) is 0 Å². The molecule has 1 aliphatic heterocycles. The van der Waals surface area contributed by atoms with Gasteiger partial charge >= 0.3 is 195 Å². The molecule has 30 heavy (non-hydrogen) atoms. The zero-order valence-electron chi connectivity index (χ0n) is 14.9. The summed E-state index contributed by atoms with van der Waals surface area (Å²) in [4.78, 5) is 27.8. The van der Waals surface area contributed by atoms with E-state index in [-0.39, 0.29) is 52.7 Å². The van der Waals surface area contributed by atoms with Crippen LogP contribution in [0.4, 0.5) is 18.0 Å². The Labute approximate surface area is 194 Å². The Hall–Kier alpha value is -1.86. The molecule has 0 fully saturated rings. The van der Waals surface area contributed by atoms with Gasteiger partial charge in [0.15, 0.2) is 0 Å². The molecule has 0 spiro atoms. The first-order valence-corrected chi connectivity index (χ1v) is 11.2. The number of carbonyl (C=O) groups excluding carboxylic acids is 2. The van der Waals surface area contributed by atoms with Crippen molar-refractivity contribution in [3.05, 3.63) is 63.1 Å². The number of halogens is 5. The van der Waals surface area contributed by atoms with Crippen LogP contribution in [0.5, 0.6) is 0 Å². The minimum atomic E-state index is -4.81. The van der Waals surface area contributed by atoms with Gasteiger partial charge in [-0.15, -0.1) is 0 Å². The number of nitrogens with one attached hydrogen (secondary N) is 1. The molecule has 3 N–H and O–H groups in total. The minimum absolute atomic E-state index is 0.0334. The number of primary amides is 1. The van der Waals surface area contributed by atoms with Gasteiger partial charge in [-0.1, -0.05) is 0 Å². The fourth-order valence-electron chi connectivity index (χ4n) is 2.97. The van der Waals surface area contributed by atoms with E-state index in [4.69, 9.17) is 33.8 Å². The number of hydrogen-bond donors (Lipinski definition) is 2. The zero-order chi connectivity index (χ0) is 22.3. The molecule has 154 valence electrons. The fraction of sp³-hybridized carbons (Fsp3) is 0.167. The van der Waals surface area contributed by atoms with E-state index in [9.17, 15) is 22.8 Å². The van der Waals surface area contributed by atoms with Crippen LogP contribution in [0.1, 0.15) is 27.9 Å². The number of nitrogens with zero attached hydrogens (tertiary/aromatic N) is 1. The number of amides is 3. The van der Waals surface area contributed by atoms with Crippen LogP contribution in [0.15, 0.2) is 41.6 Å². The van der Waals surface area contributed by atoms with Gasteiger partial charge in [0.2, 0.25) is 0 Å². The van der Waals surface area contributed by atoms with Crippen molar-refractivity contribution < 1.29 is 27.6 Å². The molecule has 0 aliphatic carbocycles. The molecule has 1 heterocycles. The predicted molar refractivity (Wildman–Crippen MR) is 105 cm³/mol. The number of alkyl halides is 3. The summed E-state index contributed by atoms with van der Waals surface area (Å²) in [5, 5.41) is 5.70. The Morgan fingerprint density at radius 1 is 1.17 bits per heavy atom. The maximum absolute atomic E-state index is 14.1. The molecule has 0 bridgehead atoms. The number of rotatable bonds is 3. The summed E-state index contributed by atoms with van der Waals surface area (Å²) in [5.74, 6) is -0.686. The first-order valence-electron chi connectivity index (χ1n) is 8.22. The second kappa shape index (κ2) is 8.35. The quantitative estimate of drug-likeness (QED) is 0.501. The first-order chi connectivity index (χ1) is 13.9. The van der Waals surface area contributed by atoms with E-state index in [1.54, 1.807) is 6.07 Å². The molecule has 2 aromatic carbocycles. The fourth-order valence-corrected chi connectivity index (χ4v) is 5.08. The number of benzene rings is 2. The molecule has 0 aromatic heterocycles. The average molecular weight is 650 g/mol. The monoisotopic (exact) mass is 649 g/mol. The van der Waals surface area contributed by atoms with Gasteiger partial charge in [-0.3, -0.25) is 0 Å². The van der Waals surface area contributed by atoms with Crippen LogP contribution in [0.25, 0.3) is 0 Å². The van der Waals surface area contributed by atoms with Crippen molar-refractivity contribution in [1.29, 1.82) is 0 Å². The first kappa shape index (κ1) is 22.8. The Bertz CT molecular complexity index is 1060. The molecule has 12 heteroatoms. The molecule has 2 aromatic rings. The van der Waals surface area contributed by atoms with Crippen LogP contribution in [0.2, 0.25) is 10.0 Å².